The number of hydrogen-bond donors (Lipinski definition) is 2. The first kappa shape index (κ1) is 11.0. The second-order valence-electron chi connectivity index (χ2n) is 4.63. The van der Waals surface area contributed by atoms with Crippen LogP contribution in [0.2, 0.25) is 5.02 Å². The summed E-state index contributed by atoms with van der Waals surface area (Å²) in [6.45, 7) is 0.803. The molecule has 0 radical (unpaired) electrons. The van der Waals surface area contributed by atoms with Gasteiger partial charge in [0.1, 0.15) is 17.2 Å². The van der Waals surface area contributed by atoms with Gasteiger partial charge in [-0.2, -0.15) is 0 Å². The van der Waals surface area contributed by atoms with Gasteiger partial charge >= 0.3 is 0 Å². The number of aromatic nitrogens is 2. The summed E-state index contributed by atoms with van der Waals surface area (Å²) >= 11 is 6.06. The Kier molecular flexibility index (Phi) is 2.80. The van der Waals surface area contributed by atoms with Gasteiger partial charge in [-0.25, -0.2) is 9.97 Å². The van der Waals surface area contributed by atoms with Gasteiger partial charge in [0.25, 0.3) is 0 Å². The fourth-order valence-electron chi connectivity index (χ4n) is 2.31. The van der Waals surface area contributed by atoms with Crippen molar-refractivity contribution in [3.63, 3.8) is 0 Å². The molecule has 0 amide bonds. The van der Waals surface area contributed by atoms with Crippen LogP contribution in [-0.4, -0.2) is 28.7 Å². The van der Waals surface area contributed by atoms with Crippen molar-refractivity contribution in [2.45, 2.75) is 31.4 Å². The molecule has 5 nitrogen and oxygen atoms in total. The summed E-state index contributed by atoms with van der Waals surface area (Å²) in [7, 11) is 0. The third-order valence-corrected chi connectivity index (χ3v) is 3.73. The largest absolute Gasteiger partial charge is 0.382 e. The first-order valence-corrected chi connectivity index (χ1v) is 6.27. The monoisotopic (exact) mass is 254 g/mol. The van der Waals surface area contributed by atoms with E-state index in [2.05, 4.69) is 15.3 Å². The van der Waals surface area contributed by atoms with Crippen LogP contribution in [-0.2, 0) is 4.74 Å². The molecule has 2 unspecified atom stereocenters. The highest BCUT2D eigenvalue weighted by atomic mass is 35.5. The van der Waals surface area contributed by atoms with Crippen LogP contribution >= 0.6 is 11.6 Å². The Morgan fingerprint density at radius 1 is 1.35 bits per heavy atom. The minimum absolute atomic E-state index is 0.286. The highest BCUT2D eigenvalue weighted by Gasteiger charge is 2.40. The zero-order chi connectivity index (χ0) is 11.8. The molecule has 2 heterocycles. The second-order valence-corrected chi connectivity index (χ2v) is 5.01. The lowest BCUT2D eigenvalue weighted by Gasteiger charge is -2.20. The van der Waals surface area contributed by atoms with Gasteiger partial charge in [0.2, 0.25) is 0 Å². The average Bonchev–Trinajstić information content (AvgIpc) is 3.06. The molecule has 0 aromatic carbocycles. The lowest BCUT2D eigenvalue weighted by atomic mass is 10.1. The maximum Gasteiger partial charge on any atom is 0.150 e. The van der Waals surface area contributed by atoms with E-state index in [4.69, 9.17) is 22.1 Å². The SMILES string of the molecule is Nc1ncnc(NC2CCOC2C2CC2)c1Cl. The standard InChI is InChI=1S/C11H15ClN4O/c12-8-10(13)14-5-15-11(8)16-7-3-4-17-9(7)6-1-2-6/h5-7,9H,1-4H2,(H3,13,14,15,16). The van der Waals surface area contributed by atoms with Crippen LogP contribution in [0, 0.1) is 5.92 Å². The molecular formula is C11H15ClN4O. The normalized spacial score (nSPS) is 28.3. The van der Waals surface area contributed by atoms with E-state index in [1.54, 1.807) is 0 Å². The molecule has 1 saturated heterocycles. The first-order chi connectivity index (χ1) is 8.25. The van der Waals surface area contributed by atoms with Crippen molar-refractivity contribution >= 4 is 23.2 Å². The molecule has 3 rings (SSSR count). The summed E-state index contributed by atoms with van der Waals surface area (Å²) in [5, 5.41) is 3.73. The Morgan fingerprint density at radius 2 is 2.18 bits per heavy atom. The summed E-state index contributed by atoms with van der Waals surface area (Å²) in [6, 6.07) is 0.286. The predicted molar refractivity (Wildman–Crippen MR) is 65.9 cm³/mol. The van der Waals surface area contributed by atoms with Crippen molar-refractivity contribution < 1.29 is 4.74 Å². The van der Waals surface area contributed by atoms with Crippen LogP contribution in [0.4, 0.5) is 11.6 Å². The minimum Gasteiger partial charge on any atom is -0.382 e. The van der Waals surface area contributed by atoms with Crippen molar-refractivity contribution in [2.75, 3.05) is 17.7 Å². The lowest BCUT2D eigenvalue weighted by Crippen LogP contribution is -2.31. The molecule has 1 aliphatic carbocycles. The number of rotatable bonds is 3. The van der Waals surface area contributed by atoms with Gasteiger partial charge in [0, 0.05) is 6.61 Å². The first-order valence-electron chi connectivity index (χ1n) is 5.90. The molecule has 0 bridgehead atoms. The van der Waals surface area contributed by atoms with Gasteiger partial charge in [0.05, 0.1) is 12.1 Å². The van der Waals surface area contributed by atoms with E-state index in [1.807, 2.05) is 0 Å². The third kappa shape index (κ3) is 2.17. The zero-order valence-electron chi connectivity index (χ0n) is 9.40. The van der Waals surface area contributed by atoms with Gasteiger partial charge in [0.15, 0.2) is 5.82 Å². The molecule has 17 heavy (non-hydrogen) atoms. The van der Waals surface area contributed by atoms with Crippen LogP contribution in [0.15, 0.2) is 6.33 Å². The van der Waals surface area contributed by atoms with Gasteiger partial charge in [-0.3, -0.25) is 0 Å². The average molecular weight is 255 g/mol. The third-order valence-electron chi connectivity index (χ3n) is 3.36. The number of nitrogens with zero attached hydrogens (tertiary/aromatic N) is 2. The number of nitrogens with one attached hydrogen (secondary N) is 1. The molecule has 2 fully saturated rings. The molecule has 6 heteroatoms. The van der Waals surface area contributed by atoms with Crippen molar-refractivity contribution in [2.24, 2.45) is 5.92 Å². The van der Waals surface area contributed by atoms with Crippen molar-refractivity contribution in [3.8, 4) is 0 Å². The van der Waals surface area contributed by atoms with Crippen molar-refractivity contribution in [3.05, 3.63) is 11.3 Å². The van der Waals surface area contributed by atoms with E-state index >= 15 is 0 Å². The van der Waals surface area contributed by atoms with Gasteiger partial charge in [-0.05, 0) is 25.2 Å². The summed E-state index contributed by atoms with van der Waals surface area (Å²) in [6.07, 6.45) is 5.24. The number of hydrogen-bond acceptors (Lipinski definition) is 5. The van der Waals surface area contributed by atoms with Gasteiger partial charge in [-0.1, -0.05) is 11.6 Å². The molecule has 1 aromatic rings. The fourth-order valence-corrected chi connectivity index (χ4v) is 2.47. The van der Waals surface area contributed by atoms with E-state index < -0.39 is 0 Å². The van der Waals surface area contributed by atoms with E-state index in [1.165, 1.54) is 19.2 Å². The summed E-state index contributed by atoms with van der Waals surface area (Å²) < 4.78 is 5.75. The number of anilines is 2. The van der Waals surface area contributed by atoms with E-state index in [0.717, 1.165) is 13.0 Å². The highest BCUT2D eigenvalue weighted by Crippen LogP contribution is 2.40. The fraction of sp³-hybridized carbons (Fsp3) is 0.636. The Balaban J connectivity index is 1.75. The minimum atomic E-state index is 0.286. The Morgan fingerprint density at radius 3 is 2.94 bits per heavy atom. The number of halogens is 1. The molecule has 3 N–H and O–H groups in total. The molecule has 2 atom stereocenters. The van der Waals surface area contributed by atoms with Gasteiger partial charge < -0.3 is 15.8 Å². The maximum absolute atomic E-state index is 6.06. The maximum atomic E-state index is 6.06. The smallest absolute Gasteiger partial charge is 0.150 e. The molecule has 1 saturated carbocycles. The van der Waals surface area contributed by atoms with Crippen molar-refractivity contribution in [1.29, 1.82) is 0 Å². The molecule has 2 aliphatic rings. The highest BCUT2D eigenvalue weighted by molar-refractivity contribution is 6.35. The number of ether oxygens (including phenoxy) is 1. The molecule has 1 aliphatic heterocycles. The van der Waals surface area contributed by atoms with E-state index in [0.29, 0.717) is 28.7 Å². The number of nitrogens with two attached hydrogens (primary N) is 1. The lowest BCUT2D eigenvalue weighted by molar-refractivity contribution is 0.0898. The topological polar surface area (TPSA) is 73.1 Å². The van der Waals surface area contributed by atoms with E-state index in [-0.39, 0.29) is 6.04 Å². The van der Waals surface area contributed by atoms with E-state index in [9.17, 15) is 0 Å². The summed E-state index contributed by atoms with van der Waals surface area (Å²) in [5.74, 6) is 1.62. The number of nitrogen functional groups attached to an aromatic ring is 1. The summed E-state index contributed by atoms with van der Waals surface area (Å²) in [5.41, 5.74) is 5.65. The second kappa shape index (κ2) is 4.31. The van der Waals surface area contributed by atoms with Crippen LogP contribution in [0.5, 0.6) is 0 Å². The molecule has 0 spiro atoms. The van der Waals surface area contributed by atoms with Crippen LogP contribution < -0.4 is 11.1 Å². The Bertz CT molecular complexity index is 424. The van der Waals surface area contributed by atoms with Crippen LogP contribution in [0.3, 0.4) is 0 Å². The zero-order valence-corrected chi connectivity index (χ0v) is 10.2. The Hall–Kier alpha value is -1.07. The summed E-state index contributed by atoms with van der Waals surface area (Å²) in [4.78, 5) is 7.97. The molecule has 92 valence electrons. The van der Waals surface area contributed by atoms with Crippen LogP contribution in [0.1, 0.15) is 19.3 Å². The van der Waals surface area contributed by atoms with Crippen molar-refractivity contribution in [1.82, 2.24) is 9.97 Å². The van der Waals surface area contributed by atoms with Crippen LogP contribution in [0.25, 0.3) is 0 Å². The molecular weight excluding hydrogens is 240 g/mol. The quantitative estimate of drug-likeness (QED) is 0.859. The van der Waals surface area contributed by atoms with Gasteiger partial charge in [-0.15, -0.1) is 0 Å². The Labute approximate surface area is 105 Å². The molecule has 1 aromatic heterocycles. The predicted octanol–water partition coefficient (Wildman–Crippen LogP) is 1.69.